The number of hydrogen-bond donors (Lipinski definition) is 0. The molecule has 0 N–H and O–H groups in total. The highest BCUT2D eigenvalue weighted by Crippen LogP contribution is 2.44. The number of allylic oxidation sites excluding steroid dienone is 2. The van der Waals surface area contributed by atoms with Crippen LogP contribution in [0.2, 0.25) is 0 Å². The van der Waals surface area contributed by atoms with Gasteiger partial charge in [-0.3, -0.25) is 0 Å². The lowest BCUT2D eigenvalue weighted by Gasteiger charge is -2.20. The van der Waals surface area contributed by atoms with Gasteiger partial charge in [-0.15, -0.1) is 0 Å². The van der Waals surface area contributed by atoms with Crippen molar-refractivity contribution in [2.75, 3.05) is 0 Å². The molecular weight excluding hydrogens is 324 g/mol. The van der Waals surface area contributed by atoms with Crippen LogP contribution < -0.4 is 0 Å². The second kappa shape index (κ2) is 6.74. The molecule has 0 amide bonds. The minimum Gasteiger partial charge on any atom is -0.0801 e. The summed E-state index contributed by atoms with van der Waals surface area (Å²) in [6.45, 7) is 0. The smallest absolute Gasteiger partial charge is 0.00204 e. The highest BCUT2D eigenvalue weighted by atomic mass is 14.2. The highest BCUT2D eigenvalue weighted by Gasteiger charge is 2.19. The minimum absolute atomic E-state index is 0.970. The van der Waals surface area contributed by atoms with E-state index in [0.29, 0.717) is 0 Å². The van der Waals surface area contributed by atoms with E-state index >= 15 is 0 Å². The molecule has 1 aliphatic carbocycles. The fourth-order valence-electron chi connectivity index (χ4n) is 4.10. The first-order valence-corrected chi connectivity index (χ1v) is 9.46. The van der Waals surface area contributed by atoms with E-state index in [1.807, 2.05) is 0 Å². The van der Waals surface area contributed by atoms with Gasteiger partial charge in [0.15, 0.2) is 0 Å². The van der Waals surface area contributed by atoms with Gasteiger partial charge in [0.2, 0.25) is 0 Å². The largest absolute Gasteiger partial charge is 0.0801 e. The summed E-state index contributed by atoms with van der Waals surface area (Å²) >= 11 is 0. The van der Waals surface area contributed by atoms with Crippen molar-refractivity contribution in [1.29, 1.82) is 0 Å². The molecular formula is C27H20. The van der Waals surface area contributed by atoms with Gasteiger partial charge in [0.1, 0.15) is 0 Å². The topological polar surface area (TPSA) is 0 Å². The van der Waals surface area contributed by atoms with Crippen LogP contribution in [0.1, 0.15) is 17.5 Å². The summed E-state index contributed by atoms with van der Waals surface area (Å²) in [6.07, 6.45) is 10.1. The lowest BCUT2D eigenvalue weighted by atomic mass is 9.83. The van der Waals surface area contributed by atoms with Crippen LogP contribution in [0, 0.1) is 0 Å². The lowest BCUT2D eigenvalue weighted by Crippen LogP contribution is -1.95. The minimum atomic E-state index is 0.970. The molecule has 4 aromatic carbocycles. The predicted molar refractivity (Wildman–Crippen MR) is 118 cm³/mol. The molecule has 0 saturated heterocycles. The summed E-state index contributed by atoms with van der Waals surface area (Å²) in [5.41, 5.74) is 7.79. The molecule has 5 rings (SSSR count). The molecule has 0 bridgehead atoms. The predicted octanol–water partition coefficient (Wildman–Crippen LogP) is 7.60. The second-order valence-electron chi connectivity index (χ2n) is 6.90. The molecule has 0 aromatic heterocycles. The highest BCUT2D eigenvalue weighted by molar-refractivity contribution is 6.11. The van der Waals surface area contributed by atoms with Crippen LogP contribution in [0.15, 0.2) is 97.1 Å². The number of hydrogen-bond acceptors (Lipinski definition) is 0. The standard InChI is InChI=1S/C27H20/c1-4-12-20(13-5-1)26-24-18-9-3-8-16-22(24)23-17-10-11-19-25(23)27(26)21-14-6-2-7-15-21/h1-2,4-19H,3H2. The molecule has 0 fully saturated rings. The van der Waals surface area contributed by atoms with E-state index in [1.165, 1.54) is 44.2 Å². The van der Waals surface area contributed by atoms with Crippen LogP contribution >= 0.6 is 0 Å². The maximum atomic E-state index is 2.30. The maximum Gasteiger partial charge on any atom is -0.00204 e. The maximum absolute atomic E-state index is 2.30. The number of rotatable bonds is 2. The second-order valence-corrected chi connectivity index (χ2v) is 6.90. The quantitative estimate of drug-likeness (QED) is 0.351. The normalized spacial score (nSPS) is 12.7. The van der Waals surface area contributed by atoms with Crippen molar-refractivity contribution in [3.8, 4) is 22.3 Å². The van der Waals surface area contributed by atoms with Gasteiger partial charge in [-0.1, -0.05) is 109 Å². The number of fused-ring (bicyclic) bond motifs is 3. The molecule has 0 aliphatic heterocycles. The van der Waals surface area contributed by atoms with E-state index in [2.05, 4.69) is 109 Å². The zero-order chi connectivity index (χ0) is 18.1. The molecule has 0 heterocycles. The summed E-state index contributed by atoms with van der Waals surface area (Å²) in [5.74, 6) is 0. The molecule has 128 valence electrons. The van der Waals surface area contributed by atoms with E-state index in [1.54, 1.807) is 0 Å². The summed E-state index contributed by atoms with van der Waals surface area (Å²) < 4.78 is 0. The van der Waals surface area contributed by atoms with Crippen molar-refractivity contribution in [1.82, 2.24) is 0 Å². The average molecular weight is 344 g/mol. The van der Waals surface area contributed by atoms with Crippen molar-refractivity contribution in [3.63, 3.8) is 0 Å². The van der Waals surface area contributed by atoms with Gasteiger partial charge in [0, 0.05) is 0 Å². The lowest BCUT2D eigenvalue weighted by molar-refractivity contribution is 1.44. The first kappa shape index (κ1) is 15.8. The monoisotopic (exact) mass is 344 g/mol. The van der Waals surface area contributed by atoms with Gasteiger partial charge in [-0.2, -0.15) is 0 Å². The third-order valence-electron chi connectivity index (χ3n) is 5.26. The van der Waals surface area contributed by atoms with Crippen molar-refractivity contribution >= 4 is 22.9 Å². The molecule has 1 aliphatic rings. The van der Waals surface area contributed by atoms with Crippen LogP contribution in [0.25, 0.3) is 45.2 Å². The first-order chi connectivity index (χ1) is 13.4. The zero-order valence-corrected chi connectivity index (χ0v) is 15.1. The van der Waals surface area contributed by atoms with Crippen LogP contribution in [-0.2, 0) is 0 Å². The van der Waals surface area contributed by atoms with Crippen LogP contribution in [0.4, 0.5) is 0 Å². The Morgan fingerprint density at radius 3 is 1.63 bits per heavy atom. The van der Waals surface area contributed by atoms with Crippen LogP contribution in [-0.4, -0.2) is 0 Å². The molecule has 0 nitrogen and oxygen atoms in total. The Kier molecular flexibility index (Phi) is 3.95. The van der Waals surface area contributed by atoms with Gasteiger partial charge < -0.3 is 0 Å². The van der Waals surface area contributed by atoms with E-state index in [0.717, 1.165) is 6.42 Å². The Bertz CT molecular complexity index is 1160. The molecule has 0 heteroatoms. The summed E-state index contributed by atoms with van der Waals surface area (Å²) in [5, 5.41) is 2.62. The van der Waals surface area contributed by atoms with E-state index in [9.17, 15) is 0 Å². The van der Waals surface area contributed by atoms with Crippen molar-refractivity contribution in [2.24, 2.45) is 0 Å². The molecule has 0 atom stereocenters. The molecule has 27 heavy (non-hydrogen) atoms. The molecule has 4 aromatic rings. The third-order valence-corrected chi connectivity index (χ3v) is 5.26. The van der Waals surface area contributed by atoms with Crippen LogP contribution in [0.5, 0.6) is 0 Å². The van der Waals surface area contributed by atoms with Gasteiger partial charge in [0.25, 0.3) is 0 Å². The Labute approximate surface area is 160 Å². The zero-order valence-electron chi connectivity index (χ0n) is 15.1. The van der Waals surface area contributed by atoms with Crippen molar-refractivity contribution in [3.05, 3.63) is 108 Å². The molecule has 0 unspecified atom stereocenters. The van der Waals surface area contributed by atoms with E-state index < -0.39 is 0 Å². The SMILES string of the molecule is C1=Cc2c(-c3ccccc3)c(-c3ccccc3)c3ccccc3c2C=CC1. The van der Waals surface area contributed by atoms with Crippen molar-refractivity contribution < 1.29 is 0 Å². The Balaban J connectivity index is 2.02. The average Bonchev–Trinajstić information content (AvgIpc) is 3.00. The third kappa shape index (κ3) is 2.71. The number of benzene rings is 4. The summed E-state index contributed by atoms with van der Waals surface area (Å²) in [6, 6.07) is 30.3. The Morgan fingerprint density at radius 1 is 0.444 bits per heavy atom. The van der Waals surface area contributed by atoms with Crippen LogP contribution in [0.3, 0.4) is 0 Å². The van der Waals surface area contributed by atoms with Gasteiger partial charge >= 0.3 is 0 Å². The molecule has 0 radical (unpaired) electrons. The summed E-state index contributed by atoms with van der Waals surface area (Å²) in [7, 11) is 0. The van der Waals surface area contributed by atoms with E-state index in [4.69, 9.17) is 0 Å². The van der Waals surface area contributed by atoms with Gasteiger partial charge in [-0.25, -0.2) is 0 Å². The molecule has 0 spiro atoms. The van der Waals surface area contributed by atoms with Gasteiger partial charge in [-0.05, 0) is 50.6 Å². The van der Waals surface area contributed by atoms with E-state index in [-0.39, 0.29) is 0 Å². The Morgan fingerprint density at radius 2 is 0.963 bits per heavy atom. The Hall–Kier alpha value is -3.38. The fraction of sp³-hybridized carbons (Fsp3) is 0.0370. The molecule has 0 saturated carbocycles. The first-order valence-electron chi connectivity index (χ1n) is 9.46. The summed E-state index contributed by atoms with van der Waals surface area (Å²) in [4.78, 5) is 0. The fourth-order valence-corrected chi connectivity index (χ4v) is 4.10. The van der Waals surface area contributed by atoms with Crippen molar-refractivity contribution in [2.45, 2.75) is 6.42 Å². The van der Waals surface area contributed by atoms with Gasteiger partial charge in [0.05, 0.1) is 0 Å².